The third-order valence-electron chi connectivity index (χ3n) is 4.32. The van der Waals surface area contributed by atoms with E-state index in [0.29, 0.717) is 12.2 Å². The number of amides is 1. The molecule has 3 rings (SSSR count). The van der Waals surface area contributed by atoms with E-state index in [1.807, 2.05) is 29.2 Å². The Morgan fingerprint density at radius 2 is 1.92 bits per heavy atom. The fraction of sp³-hybridized carbons (Fsp3) is 0.316. The van der Waals surface area contributed by atoms with E-state index < -0.39 is 11.7 Å². The maximum Gasteiger partial charge on any atom is 0.416 e. The normalized spacial score (nSPS) is 14.2. The van der Waals surface area contributed by atoms with Gasteiger partial charge in [0.15, 0.2) is 0 Å². The van der Waals surface area contributed by atoms with Gasteiger partial charge in [0, 0.05) is 18.7 Å². The molecule has 1 heterocycles. The first-order valence-corrected chi connectivity index (χ1v) is 8.26. The van der Waals surface area contributed by atoms with E-state index in [2.05, 4.69) is 5.32 Å². The number of anilines is 3. The van der Waals surface area contributed by atoms with Gasteiger partial charge in [-0.2, -0.15) is 13.2 Å². The molecule has 0 aromatic heterocycles. The lowest BCUT2D eigenvalue weighted by Crippen LogP contribution is -2.26. The first-order chi connectivity index (χ1) is 11.9. The summed E-state index contributed by atoms with van der Waals surface area (Å²) in [6.45, 7) is 2.36. The van der Waals surface area contributed by atoms with Crippen molar-refractivity contribution in [3.8, 4) is 0 Å². The lowest BCUT2D eigenvalue weighted by Gasteiger charge is -2.33. The molecule has 0 aliphatic carbocycles. The van der Waals surface area contributed by atoms with Gasteiger partial charge >= 0.3 is 6.18 Å². The number of benzene rings is 2. The van der Waals surface area contributed by atoms with Crippen molar-refractivity contribution >= 4 is 23.0 Å². The Bertz CT molecular complexity index is 786. The average molecular weight is 348 g/mol. The minimum atomic E-state index is -4.45. The topological polar surface area (TPSA) is 32.3 Å². The first-order valence-electron chi connectivity index (χ1n) is 8.26. The number of hydrogen-bond acceptors (Lipinski definition) is 2. The number of aryl methyl sites for hydroxylation is 1. The molecule has 132 valence electrons. The monoisotopic (exact) mass is 348 g/mol. The lowest BCUT2D eigenvalue weighted by atomic mass is 10.0. The molecule has 1 aliphatic heterocycles. The zero-order valence-corrected chi connectivity index (χ0v) is 13.9. The summed E-state index contributed by atoms with van der Waals surface area (Å²) in [5.74, 6) is -0.314. The molecule has 0 spiro atoms. The molecule has 0 saturated heterocycles. The summed E-state index contributed by atoms with van der Waals surface area (Å²) in [6, 6.07) is 11.4. The number of carbonyl (C=O) groups excluding carboxylic acids is 1. The summed E-state index contributed by atoms with van der Waals surface area (Å²) in [4.78, 5) is 13.8. The number of carbonyl (C=O) groups is 1. The summed E-state index contributed by atoms with van der Waals surface area (Å²) in [5, 5.41) is 2.62. The quantitative estimate of drug-likeness (QED) is 0.833. The zero-order valence-electron chi connectivity index (χ0n) is 13.9. The summed E-state index contributed by atoms with van der Waals surface area (Å²) in [7, 11) is 0. The van der Waals surface area contributed by atoms with Gasteiger partial charge in [0.2, 0.25) is 5.91 Å². The molecule has 0 saturated carbocycles. The molecule has 0 radical (unpaired) electrons. The molecule has 1 aliphatic rings. The largest absolute Gasteiger partial charge is 0.416 e. The summed E-state index contributed by atoms with van der Waals surface area (Å²) in [6.07, 6.45) is -2.42. The standard InChI is InChI=1S/C19H19F3N2O/c1-2-18(25)23-15-12-14(19(20,21)22)9-10-17(15)24-11-5-7-13-6-3-4-8-16(13)24/h3-4,6,8-10,12H,2,5,7,11H2,1H3,(H,23,25). The van der Waals surface area contributed by atoms with Crippen LogP contribution in [0.2, 0.25) is 0 Å². The van der Waals surface area contributed by atoms with Crippen molar-refractivity contribution in [3.63, 3.8) is 0 Å². The smallest absolute Gasteiger partial charge is 0.340 e. The van der Waals surface area contributed by atoms with E-state index in [-0.39, 0.29) is 18.0 Å². The van der Waals surface area contributed by atoms with E-state index in [1.54, 1.807) is 6.92 Å². The van der Waals surface area contributed by atoms with Crippen LogP contribution in [0.5, 0.6) is 0 Å². The zero-order chi connectivity index (χ0) is 18.0. The molecule has 2 aromatic rings. The fourth-order valence-corrected chi connectivity index (χ4v) is 3.07. The predicted octanol–water partition coefficient (Wildman–Crippen LogP) is 5.14. The highest BCUT2D eigenvalue weighted by Gasteiger charge is 2.32. The van der Waals surface area contributed by atoms with Crippen LogP contribution in [-0.4, -0.2) is 12.5 Å². The molecule has 0 atom stereocenters. The lowest BCUT2D eigenvalue weighted by molar-refractivity contribution is -0.137. The Balaban J connectivity index is 2.08. The summed E-state index contributed by atoms with van der Waals surface area (Å²) < 4.78 is 39.2. The third kappa shape index (κ3) is 3.62. The van der Waals surface area contributed by atoms with Gasteiger partial charge in [0.1, 0.15) is 0 Å². The SMILES string of the molecule is CCC(=O)Nc1cc(C(F)(F)F)ccc1N1CCCc2ccccc21. The van der Waals surface area contributed by atoms with Crippen LogP contribution in [0.1, 0.15) is 30.9 Å². The molecule has 3 nitrogen and oxygen atoms in total. The van der Waals surface area contributed by atoms with Gasteiger partial charge in [0.25, 0.3) is 0 Å². The number of rotatable bonds is 3. The van der Waals surface area contributed by atoms with Crippen molar-refractivity contribution < 1.29 is 18.0 Å². The highest BCUT2D eigenvalue weighted by Crippen LogP contribution is 2.40. The number of alkyl halides is 3. The Morgan fingerprint density at radius 1 is 1.16 bits per heavy atom. The second-order valence-corrected chi connectivity index (χ2v) is 6.02. The van der Waals surface area contributed by atoms with Crippen LogP contribution in [0.25, 0.3) is 0 Å². The Kier molecular flexibility index (Phi) is 4.70. The van der Waals surface area contributed by atoms with Crippen molar-refractivity contribution in [1.29, 1.82) is 0 Å². The molecule has 25 heavy (non-hydrogen) atoms. The van der Waals surface area contributed by atoms with Crippen LogP contribution in [0.3, 0.4) is 0 Å². The van der Waals surface area contributed by atoms with Crippen LogP contribution in [0, 0.1) is 0 Å². The van der Waals surface area contributed by atoms with Gasteiger partial charge in [-0.25, -0.2) is 0 Å². The van der Waals surface area contributed by atoms with Crippen LogP contribution in [0.15, 0.2) is 42.5 Å². The second-order valence-electron chi connectivity index (χ2n) is 6.02. The summed E-state index contributed by atoms with van der Waals surface area (Å²) in [5.41, 5.74) is 2.13. The number of para-hydroxylation sites is 1. The van der Waals surface area contributed by atoms with Crippen molar-refractivity contribution in [2.24, 2.45) is 0 Å². The third-order valence-corrected chi connectivity index (χ3v) is 4.32. The van der Waals surface area contributed by atoms with Gasteiger partial charge in [-0.15, -0.1) is 0 Å². The molecular formula is C19H19F3N2O. The highest BCUT2D eigenvalue weighted by atomic mass is 19.4. The Labute approximate surface area is 144 Å². The highest BCUT2D eigenvalue weighted by molar-refractivity contribution is 5.95. The van der Waals surface area contributed by atoms with Crippen molar-refractivity contribution in [2.45, 2.75) is 32.4 Å². The molecule has 1 N–H and O–H groups in total. The van der Waals surface area contributed by atoms with Gasteiger partial charge in [-0.1, -0.05) is 25.1 Å². The van der Waals surface area contributed by atoms with E-state index in [0.717, 1.165) is 36.2 Å². The first kappa shape index (κ1) is 17.3. The van der Waals surface area contributed by atoms with Crippen molar-refractivity contribution in [2.75, 3.05) is 16.8 Å². The van der Waals surface area contributed by atoms with Crippen LogP contribution >= 0.6 is 0 Å². The molecule has 2 aromatic carbocycles. The molecule has 0 fully saturated rings. The van der Waals surface area contributed by atoms with E-state index in [1.165, 1.54) is 6.07 Å². The van der Waals surface area contributed by atoms with Crippen LogP contribution < -0.4 is 10.2 Å². The van der Waals surface area contributed by atoms with E-state index >= 15 is 0 Å². The number of halogens is 3. The van der Waals surface area contributed by atoms with Gasteiger partial charge in [0.05, 0.1) is 16.9 Å². The predicted molar refractivity (Wildman–Crippen MR) is 92.1 cm³/mol. The van der Waals surface area contributed by atoms with E-state index in [9.17, 15) is 18.0 Å². The maximum atomic E-state index is 13.1. The maximum absolute atomic E-state index is 13.1. The van der Waals surface area contributed by atoms with Crippen molar-refractivity contribution in [3.05, 3.63) is 53.6 Å². The van der Waals surface area contributed by atoms with Crippen LogP contribution in [0.4, 0.5) is 30.2 Å². The minimum Gasteiger partial charge on any atom is -0.340 e. The molecule has 0 bridgehead atoms. The number of nitrogens with one attached hydrogen (secondary N) is 1. The van der Waals surface area contributed by atoms with E-state index in [4.69, 9.17) is 0 Å². The molecular weight excluding hydrogens is 329 g/mol. The van der Waals surface area contributed by atoms with Crippen molar-refractivity contribution in [1.82, 2.24) is 0 Å². The Morgan fingerprint density at radius 3 is 2.64 bits per heavy atom. The number of hydrogen-bond donors (Lipinski definition) is 1. The fourth-order valence-electron chi connectivity index (χ4n) is 3.07. The Hall–Kier alpha value is -2.50. The second kappa shape index (κ2) is 6.78. The average Bonchev–Trinajstić information content (AvgIpc) is 2.60. The van der Waals surface area contributed by atoms with Gasteiger partial charge in [-0.3, -0.25) is 4.79 Å². The molecule has 6 heteroatoms. The summed E-state index contributed by atoms with van der Waals surface area (Å²) >= 11 is 0. The van der Waals surface area contributed by atoms with Gasteiger partial charge < -0.3 is 10.2 Å². The minimum absolute atomic E-state index is 0.193. The number of nitrogens with zero attached hydrogens (tertiary/aromatic N) is 1. The molecule has 0 unspecified atom stereocenters. The number of fused-ring (bicyclic) bond motifs is 1. The van der Waals surface area contributed by atoms with Crippen LogP contribution in [-0.2, 0) is 17.4 Å². The molecule has 1 amide bonds. The van der Waals surface area contributed by atoms with Gasteiger partial charge in [-0.05, 0) is 42.7 Å².